The van der Waals surface area contributed by atoms with Gasteiger partial charge in [-0.2, -0.15) is 9.78 Å². The minimum Gasteiger partial charge on any atom is -0.310 e. The summed E-state index contributed by atoms with van der Waals surface area (Å²) >= 11 is 11.8. The number of rotatable bonds is 2. The Balaban J connectivity index is 1.85. The Morgan fingerprint density at radius 2 is 1.88 bits per heavy atom. The first-order chi connectivity index (χ1) is 12.0. The van der Waals surface area contributed by atoms with E-state index < -0.39 is 0 Å². The number of nitrogens with one attached hydrogen (secondary N) is 1. The Labute approximate surface area is 153 Å². The number of aromatic nitrogens is 4. The van der Waals surface area contributed by atoms with E-state index in [1.807, 2.05) is 31.2 Å². The smallest absolute Gasteiger partial charge is 0.226 e. The number of fused-ring (bicyclic) bond motifs is 1. The van der Waals surface area contributed by atoms with E-state index in [2.05, 4.69) is 20.6 Å². The average molecular weight is 374 g/mol. The predicted octanol–water partition coefficient (Wildman–Crippen LogP) is 3.75. The monoisotopic (exact) mass is 373 g/mol. The van der Waals surface area contributed by atoms with Crippen molar-refractivity contribution in [3.63, 3.8) is 0 Å². The lowest BCUT2D eigenvalue weighted by Crippen LogP contribution is -2.25. The maximum Gasteiger partial charge on any atom is 0.226 e. The number of halogens is 2. The lowest BCUT2D eigenvalue weighted by molar-refractivity contribution is -0.116. The summed E-state index contributed by atoms with van der Waals surface area (Å²) in [5.74, 6) is 0.946. The molecule has 126 valence electrons. The number of benzene rings is 1. The molecule has 1 aliphatic rings. The number of nitrogens with zero attached hydrogens (tertiary/aromatic N) is 4. The van der Waals surface area contributed by atoms with Crippen LogP contribution < -0.4 is 5.32 Å². The van der Waals surface area contributed by atoms with Crippen molar-refractivity contribution >= 4 is 34.9 Å². The van der Waals surface area contributed by atoms with Gasteiger partial charge in [0.2, 0.25) is 5.91 Å². The molecule has 1 N–H and O–H groups in total. The lowest BCUT2D eigenvalue weighted by atomic mass is 9.86. The number of amides is 1. The van der Waals surface area contributed by atoms with E-state index in [9.17, 15) is 4.79 Å². The molecule has 0 fully saturated rings. The Hall–Kier alpha value is -2.44. The topological polar surface area (TPSA) is 72.7 Å². The van der Waals surface area contributed by atoms with Crippen molar-refractivity contribution in [2.45, 2.75) is 19.3 Å². The highest BCUT2D eigenvalue weighted by atomic mass is 35.5. The van der Waals surface area contributed by atoms with E-state index in [4.69, 9.17) is 23.2 Å². The third kappa shape index (κ3) is 2.88. The quantitative estimate of drug-likeness (QED) is 0.742. The minimum absolute atomic E-state index is 0.0736. The molecule has 4 rings (SSSR count). The summed E-state index contributed by atoms with van der Waals surface area (Å²) in [5, 5.41) is 16.3. The molecule has 1 aromatic carbocycles. The molecular weight excluding hydrogens is 361 g/mol. The molecule has 0 saturated heterocycles. The van der Waals surface area contributed by atoms with Crippen LogP contribution in [0, 0.1) is 6.92 Å². The van der Waals surface area contributed by atoms with E-state index in [1.165, 1.54) is 0 Å². The standard InChI is InChI=1S/C17H13Cl2N5O/c1-9-16-12(10-2-4-11(18)5-3-10)8-15(25)20-17(16)24(23-9)14-7-6-13(19)21-22-14/h2-7,12H,8H2,1H3,(H,20,25)/t12-/m0/s1. The summed E-state index contributed by atoms with van der Waals surface area (Å²) in [6.45, 7) is 1.92. The second-order valence-electron chi connectivity index (χ2n) is 5.83. The van der Waals surface area contributed by atoms with Gasteiger partial charge in [-0.05, 0) is 36.8 Å². The van der Waals surface area contributed by atoms with Crippen LogP contribution in [0.25, 0.3) is 5.82 Å². The van der Waals surface area contributed by atoms with Crippen LogP contribution in [0.1, 0.15) is 29.2 Å². The van der Waals surface area contributed by atoms with Crippen molar-refractivity contribution < 1.29 is 4.79 Å². The van der Waals surface area contributed by atoms with Crippen LogP contribution in [0.3, 0.4) is 0 Å². The van der Waals surface area contributed by atoms with E-state index in [0.717, 1.165) is 16.8 Å². The maximum absolute atomic E-state index is 12.3. The Morgan fingerprint density at radius 1 is 1.12 bits per heavy atom. The van der Waals surface area contributed by atoms with Crippen LogP contribution in [0.15, 0.2) is 36.4 Å². The summed E-state index contributed by atoms with van der Waals surface area (Å²) in [6.07, 6.45) is 0.355. The van der Waals surface area contributed by atoms with Crippen molar-refractivity contribution in [1.82, 2.24) is 20.0 Å². The van der Waals surface area contributed by atoms with Crippen molar-refractivity contribution in [1.29, 1.82) is 0 Å². The molecule has 3 heterocycles. The summed E-state index contributed by atoms with van der Waals surface area (Å²) in [7, 11) is 0. The van der Waals surface area contributed by atoms with E-state index >= 15 is 0 Å². The van der Waals surface area contributed by atoms with Crippen molar-refractivity contribution in [2.24, 2.45) is 0 Å². The molecule has 0 radical (unpaired) electrons. The molecule has 0 unspecified atom stereocenters. The van der Waals surface area contributed by atoms with Gasteiger partial charge >= 0.3 is 0 Å². The molecule has 0 spiro atoms. The van der Waals surface area contributed by atoms with E-state index in [0.29, 0.717) is 28.2 Å². The zero-order chi connectivity index (χ0) is 17.6. The van der Waals surface area contributed by atoms with Gasteiger partial charge in [-0.1, -0.05) is 35.3 Å². The zero-order valence-corrected chi connectivity index (χ0v) is 14.7. The van der Waals surface area contributed by atoms with Crippen LogP contribution in [-0.4, -0.2) is 25.9 Å². The fourth-order valence-corrected chi connectivity index (χ4v) is 3.34. The SMILES string of the molecule is Cc1nn(-c2ccc(Cl)nn2)c2c1[C@H](c1ccc(Cl)cc1)CC(=O)N2. The normalized spacial score (nSPS) is 16.4. The van der Waals surface area contributed by atoms with Crippen molar-refractivity contribution in [2.75, 3.05) is 5.32 Å². The molecular formula is C17H13Cl2N5O. The van der Waals surface area contributed by atoms with Gasteiger partial charge in [0.05, 0.1) is 5.69 Å². The number of carbonyl (C=O) groups is 1. The van der Waals surface area contributed by atoms with E-state index in [1.54, 1.807) is 16.8 Å². The van der Waals surface area contributed by atoms with Crippen LogP contribution in [-0.2, 0) is 4.79 Å². The zero-order valence-electron chi connectivity index (χ0n) is 13.2. The number of anilines is 1. The maximum atomic E-state index is 12.3. The molecule has 0 saturated carbocycles. The first-order valence-electron chi connectivity index (χ1n) is 7.67. The summed E-state index contributed by atoms with van der Waals surface area (Å²) in [5.41, 5.74) is 2.82. The molecule has 8 heteroatoms. The van der Waals surface area contributed by atoms with Gasteiger partial charge in [-0.3, -0.25) is 4.79 Å². The van der Waals surface area contributed by atoms with Gasteiger partial charge in [0.1, 0.15) is 5.82 Å². The molecule has 0 aliphatic carbocycles. The van der Waals surface area contributed by atoms with Gasteiger partial charge < -0.3 is 5.32 Å². The third-order valence-corrected chi connectivity index (χ3v) is 4.66. The van der Waals surface area contributed by atoms with Gasteiger partial charge in [-0.25, -0.2) is 0 Å². The predicted molar refractivity (Wildman–Crippen MR) is 95.4 cm³/mol. The van der Waals surface area contributed by atoms with Gasteiger partial charge in [0.15, 0.2) is 11.0 Å². The van der Waals surface area contributed by atoms with E-state index in [-0.39, 0.29) is 11.8 Å². The van der Waals surface area contributed by atoms with Crippen molar-refractivity contribution in [3.05, 3.63) is 63.4 Å². The first-order valence-corrected chi connectivity index (χ1v) is 8.43. The highest BCUT2D eigenvalue weighted by molar-refractivity contribution is 6.30. The third-order valence-electron chi connectivity index (χ3n) is 4.21. The minimum atomic E-state index is -0.0879. The summed E-state index contributed by atoms with van der Waals surface area (Å²) in [6, 6.07) is 10.9. The van der Waals surface area contributed by atoms with Crippen LogP contribution in [0.2, 0.25) is 10.2 Å². The van der Waals surface area contributed by atoms with Crippen LogP contribution in [0.4, 0.5) is 5.82 Å². The largest absolute Gasteiger partial charge is 0.310 e. The molecule has 2 aromatic heterocycles. The molecule has 3 aromatic rings. The van der Waals surface area contributed by atoms with Gasteiger partial charge in [0.25, 0.3) is 0 Å². The van der Waals surface area contributed by atoms with Crippen molar-refractivity contribution in [3.8, 4) is 5.82 Å². The number of hydrogen-bond donors (Lipinski definition) is 1. The Bertz CT molecular complexity index is 950. The summed E-state index contributed by atoms with van der Waals surface area (Å²) in [4.78, 5) is 12.3. The first kappa shape index (κ1) is 16.1. The molecule has 0 bridgehead atoms. The second-order valence-corrected chi connectivity index (χ2v) is 6.65. The molecule has 25 heavy (non-hydrogen) atoms. The number of aryl methyl sites for hydroxylation is 1. The fourth-order valence-electron chi connectivity index (χ4n) is 3.11. The second kappa shape index (κ2) is 6.13. The molecule has 1 amide bonds. The highest BCUT2D eigenvalue weighted by Crippen LogP contribution is 2.40. The lowest BCUT2D eigenvalue weighted by Gasteiger charge is -2.24. The van der Waals surface area contributed by atoms with Crippen LogP contribution >= 0.6 is 23.2 Å². The fraction of sp³-hybridized carbons (Fsp3) is 0.176. The Kier molecular flexibility index (Phi) is 3.94. The van der Waals surface area contributed by atoms with Crippen LogP contribution in [0.5, 0.6) is 0 Å². The molecule has 1 aliphatic heterocycles. The number of hydrogen-bond acceptors (Lipinski definition) is 4. The Morgan fingerprint density at radius 3 is 2.56 bits per heavy atom. The average Bonchev–Trinajstić information content (AvgIpc) is 2.92. The van der Waals surface area contributed by atoms with Gasteiger partial charge in [0, 0.05) is 22.9 Å². The number of carbonyl (C=O) groups excluding carboxylic acids is 1. The highest BCUT2D eigenvalue weighted by Gasteiger charge is 2.32. The molecule has 6 nitrogen and oxygen atoms in total. The van der Waals surface area contributed by atoms with Gasteiger partial charge in [-0.15, -0.1) is 10.2 Å². The molecule has 1 atom stereocenters. The summed E-state index contributed by atoms with van der Waals surface area (Å²) < 4.78 is 1.59.